The summed E-state index contributed by atoms with van der Waals surface area (Å²) in [4.78, 5) is 59.0. The van der Waals surface area contributed by atoms with E-state index in [-0.39, 0.29) is 26.0 Å². The van der Waals surface area contributed by atoms with Gasteiger partial charge in [0.15, 0.2) is 0 Å². The van der Waals surface area contributed by atoms with Crippen LogP contribution in [0.3, 0.4) is 0 Å². The molecule has 5 N–H and O–H groups in total. The first-order chi connectivity index (χ1) is 15.0. The smallest absolute Gasteiger partial charge is 0.408 e. The van der Waals surface area contributed by atoms with E-state index in [1.807, 2.05) is 6.07 Å². The first kappa shape index (κ1) is 26.4. The van der Waals surface area contributed by atoms with E-state index in [1.165, 1.54) is 0 Å². The van der Waals surface area contributed by atoms with E-state index in [4.69, 9.17) is 15.2 Å². The van der Waals surface area contributed by atoms with Crippen LogP contribution in [-0.2, 0) is 35.3 Å². The predicted octanol–water partition coefficient (Wildman–Crippen LogP) is 0.121. The zero-order valence-corrected chi connectivity index (χ0v) is 18.4. The highest BCUT2D eigenvalue weighted by molar-refractivity contribution is 5.91. The number of nitrogens with one attached hydrogen (secondary N) is 3. The van der Waals surface area contributed by atoms with Crippen LogP contribution in [0.2, 0.25) is 0 Å². The van der Waals surface area contributed by atoms with Crippen molar-refractivity contribution in [2.24, 2.45) is 5.73 Å². The lowest BCUT2D eigenvalue weighted by Gasteiger charge is -2.21. The fourth-order valence-electron chi connectivity index (χ4n) is 2.37. The van der Waals surface area contributed by atoms with Crippen molar-refractivity contribution in [2.75, 3.05) is 13.1 Å². The molecule has 0 aliphatic carbocycles. The summed E-state index contributed by atoms with van der Waals surface area (Å²) in [5.41, 5.74) is 4.99. The van der Waals surface area contributed by atoms with Crippen LogP contribution in [0.5, 0.6) is 0 Å². The number of rotatable bonds is 11. The van der Waals surface area contributed by atoms with Crippen LogP contribution in [-0.4, -0.2) is 54.5 Å². The number of carbonyl (C=O) groups excluding carboxylic acids is 5. The lowest BCUT2D eigenvalue weighted by Crippen LogP contribution is -2.49. The largest absolute Gasteiger partial charge is 0.460 e. The Hall–Kier alpha value is -3.63. The predicted molar refractivity (Wildman–Crippen MR) is 114 cm³/mol. The molecule has 11 nitrogen and oxygen atoms in total. The molecule has 0 bridgehead atoms. The Balaban J connectivity index is 2.66. The topological polar surface area (TPSA) is 166 Å². The summed E-state index contributed by atoms with van der Waals surface area (Å²) in [7, 11) is 0. The molecular formula is C21H30N4O7. The van der Waals surface area contributed by atoms with Crippen molar-refractivity contribution < 1.29 is 33.4 Å². The number of alkyl carbamates (subject to hydrolysis) is 1. The van der Waals surface area contributed by atoms with E-state index >= 15 is 0 Å². The second-order valence-electron chi connectivity index (χ2n) is 7.84. The molecule has 4 amide bonds. The fraction of sp³-hybridized carbons (Fsp3) is 0.476. The van der Waals surface area contributed by atoms with Crippen LogP contribution >= 0.6 is 0 Å². The molecule has 0 aromatic heterocycles. The number of ether oxygens (including phenoxy) is 2. The van der Waals surface area contributed by atoms with Gasteiger partial charge in [-0.05, 0) is 32.8 Å². The van der Waals surface area contributed by atoms with Crippen LogP contribution < -0.4 is 21.7 Å². The van der Waals surface area contributed by atoms with Crippen molar-refractivity contribution in [2.45, 2.75) is 51.9 Å². The molecule has 0 radical (unpaired) electrons. The molecule has 0 saturated heterocycles. The molecule has 1 aromatic carbocycles. The highest BCUT2D eigenvalue weighted by Crippen LogP contribution is 2.10. The molecular weight excluding hydrogens is 420 g/mol. The van der Waals surface area contributed by atoms with Gasteiger partial charge in [0.05, 0.1) is 13.1 Å². The Morgan fingerprint density at radius 2 is 1.66 bits per heavy atom. The van der Waals surface area contributed by atoms with Gasteiger partial charge in [0.2, 0.25) is 17.7 Å². The van der Waals surface area contributed by atoms with E-state index in [0.29, 0.717) is 0 Å². The maximum atomic E-state index is 12.5. The highest BCUT2D eigenvalue weighted by atomic mass is 16.6. The Morgan fingerprint density at radius 3 is 2.25 bits per heavy atom. The van der Waals surface area contributed by atoms with E-state index in [9.17, 15) is 24.0 Å². The summed E-state index contributed by atoms with van der Waals surface area (Å²) in [5.74, 6) is -2.63. The Kier molecular flexibility index (Phi) is 10.7. The standard InChI is InChI=1S/C21H30N4O7/c1-21(2,3)32-18(28)10-9-15(19(29)24-12-17(27)23-11-16(22)26)25-20(30)31-13-14-7-5-4-6-8-14/h4-8,15H,9-13H2,1-3H3,(H2,22,26)(H,23,27)(H,24,29)(H,25,30). The van der Waals surface area contributed by atoms with Crippen molar-refractivity contribution >= 4 is 29.8 Å². The molecule has 1 aromatic rings. The van der Waals surface area contributed by atoms with Gasteiger partial charge in [-0.2, -0.15) is 0 Å². The average molecular weight is 450 g/mol. The van der Waals surface area contributed by atoms with Crippen molar-refractivity contribution in [1.29, 1.82) is 0 Å². The Bertz CT molecular complexity index is 806. The van der Waals surface area contributed by atoms with Gasteiger partial charge < -0.3 is 31.2 Å². The zero-order chi connectivity index (χ0) is 24.1. The van der Waals surface area contributed by atoms with Gasteiger partial charge >= 0.3 is 12.1 Å². The summed E-state index contributed by atoms with van der Waals surface area (Å²) in [6, 6.07) is 7.78. The van der Waals surface area contributed by atoms with Crippen LogP contribution in [0, 0.1) is 0 Å². The van der Waals surface area contributed by atoms with Gasteiger partial charge in [-0.25, -0.2) is 4.79 Å². The molecule has 32 heavy (non-hydrogen) atoms. The molecule has 1 unspecified atom stereocenters. The normalized spacial score (nSPS) is 11.6. The van der Waals surface area contributed by atoms with Crippen molar-refractivity contribution in [3.05, 3.63) is 35.9 Å². The number of esters is 1. The van der Waals surface area contributed by atoms with Crippen LogP contribution in [0.4, 0.5) is 4.79 Å². The summed E-state index contributed by atoms with van der Waals surface area (Å²) < 4.78 is 10.3. The lowest BCUT2D eigenvalue weighted by molar-refractivity contribution is -0.155. The summed E-state index contributed by atoms with van der Waals surface area (Å²) >= 11 is 0. The molecule has 0 spiro atoms. The minimum atomic E-state index is -1.16. The molecule has 0 heterocycles. The SMILES string of the molecule is CC(C)(C)OC(=O)CCC(NC(=O)OCc1ccccc1)C(=O)NCC(=O)NCC(N)=O. The lowest BCUT2D eigenvalue weighted by atomic mass is 10.1. The monoisotopic (exact) mass is 450 g/mol. The zero-order valence-electron chi connectivity index (χ0n) is 18.4. The van der Waals surface area contributed by atoms with E-state index < -0.39 is 48.0 Å². The summed E-state index contributed by atoms with van der Waals surface area (Å²) in [6.07, 6.45) is -1.09. The summed E-state index contributed by atoms with van der Waals surface area (Å²) in [6.45, 7) is 4.29. The van der Waals surface area contributed by atoms with Gasteiger partial charge in [-0.3, -0.25) is 19.2 Å². The van der Waals surface area contributed by atoms with Gasteiger partial charge in [-0.1, -0.05) is 30.3 Å². The molecule has 1 atom stereocenters. The molecule has 0 fully saturated rings. The minimum Gasteiger partial charge on any atom is -0.460 e. The second-order valence-corrected chi connectivity index (χ2v) is 7.84. The maximum Gasteiger partial charge on any atom is 0.408 e. The van der Waals surface area contributed by atoms with Gasteiger partial charge in [0.25, 0.3) is 0 Å². The quantitative estimate of drug-likeness (QED) is 0.347. The minimum absolute atomic E-state index is 0.0113. The Labute approximate surface area is 186 Å². The molecule has 1 rings (SSSR count). The fourth-order valence-corrected chi connectivity index (χ4v) is 2.37. The molecule has 0 saturated carbocycles. The molecule has 0 aliphatic rings. The van der Waals surface area contributed by atoms with Crippen molar-refractivity contribution in [1.82, 2.24) is 16.0 Å². The Morgan fingerprint density at radius 1 is 1.00 bits per heavy atom. The molecule has 0 aliphatic heterocycles. The summed E-state index contributed by atoms with van der Waals surface area (Å²) in [5, 5.41) is 6.94. The number of hydrogen-bond acceptors (Lipinski definition) is 7. The van der Waals surface area contributed by atoms with Crippen LogP contribution in [0.25, 0.3) is 0 Å². The first-order valence-electron chi connectivity index (χ1n) is 9.98. The number of carbonyl (C=O) groups is 5. The second kappa shape index (κ2) is 12.9. The molecule has 176 valence electrons. The number of benzene rings is 1. The third-order valence-corrected chi connectivity index (χ3v) is 3.76. The van der Waals surface area contributed by atoms with Crippen molar-refractivity contribution in [3.8, 4) is 0 Å². The third kappa shape index (κ3) is 12.2. The first-order valence-corrected chi connectivity index (χ1v) is 9.98. The van der Waals surface area contributed by atoms with Gasteiger partial charge in [-0.15, -0.1) is 0 Å². The van der Waals surface area contributed by atoms with Gasteiger partial charge in [0, 0.05) is 6.42 Å². The third-order valence-electron chi connectivity index (χ3n) is 3.76. The van der Waals surface area contributed by atoms with E-state index in [1.54, 1.807) is 45.0 Å². The number of nitrogens with two attached hydrogens (primary N) is 1. The number of amides is 4. The maximum absolute atomic E-state index is 12.5. The van der Waals surface area contributed by atoms with Crippen LogP contribution in [0.15, 0.2) is 30.3 Å². The highest BCUT2D eigenvalue weighted by Gasteiger charge is 2.25. The number of primary amides is 1. The molecule has 11 heteroatoms. The van der Waals surface area contributed by atoms with Crippen LogP contribution in [0.1, 0.15) is 39.2 Å². The average Bonchev–Trinajstić information content (AvgIpc) is 2.71. The van der Waals surface area contributed by atoms with E-state index in [2.05, 4.69) is 16.0 Å². The van der Waals surface area contributed by atoms with E-state index in [0.717, 1.165) is 5.56 Å². The van der Waals surface area contributed by atoms with Gasteiger partial charge in [0.1, 0.15) is 18.2 Å². The number of hydrogen-bond donors (Lipinski definition) is 4. The van der Waals surface area contributed by atoms with Crippen molar-refractivity contribution in [3.63, 3.8) is 0 Å².